The molecule has 2 aromatic carbocycles. The maximum Gasteiger partial charge on any atom is 0.321 e. The molecule has 27 heavy (non-hydrogen) atoms. The number of rotatable bonds is 7. The summed E-state index contributed by atoms with van der Waals surface area (Å²) in [4.78, 5) is 26.0. The normalized spacial score (nSPS) is 11.1. The number of unbranched alkanes of at least 4 members (excludes halogenated alkanes) is 1. The third-order valence-electron chi connectivity index (χ3n) is 4.30. The number of hydrogen-bond donors (Lipinski definition) is 0. The van der Waals surface area contributed by atoms with Crippen LogP contribution in [0.15, 0.2) is 42.5 Å². The van der Waals surface area contributed by atoms with E-state index in [-0.39, 0.29) is 5.78 Å². The molecule has 0 heterocycles. The number of carbonyl (C=O) groups excluding carboxylic acids is 2. The number of benzene rings is 2. The fraction of sp³-hybridized carbons (Fsp3) is 0.364. The highest BCUT2D eigenvalue weighted by atomic mass is 31.0. The van der Waals surface area contributed by atoms with Crippen LogP contribution >= 0.6 is 9.12 Å². The molecule has 144 valence electrons. The quantitative estimate of drug-likeness (QED) is 0.217. The largest absolute Gasteiger partial charge is 0.465 e. The Balaban J connectivity index is 0.00000176. The number of hydrogen-bond acceptors (Lipinski definition) is 4. The van der Waals surface area contributed by atoms with Gasteiger partial charge in [-0.05, 0) is 43.9 Å². The molecule has 0 aliphatic heterocycles. The number of carbonyl (C=O) groups is 2. The molecular weight excluding hydrogens is 359 g/mol. The first-order valence-corrected chi connectivity index (χ1v) is 9.50. The monoisotopic (exact) mass is 387 g/mol. The van der Waals surface area contributed by atoms with Gasteiger partial charge in [0.1, 0.15) is 5.92 Å². The Kier molecular flexibility index (Phi) is 9.60. The molecule has 0 aliphatic rings. The molecule has 2 atom stereocenters. The first kappa shape index (κ1) is 22.7. The summed E-state index contributed by atoms with van der Waals surface area (Å²) >= 11 is 0. The first-order chi connectivity index (χ1) is 13.0. The van der Waals surface area contributed by atoms with Crippen molar-refractivity contribution < 1.29 is 18.9 Å². The first-order valence-electron chi connectivity index (χ1n) is 9.03. The Hall–Kier alpha value is -2.32. The summed E-state index contributed by atoms with van der Waals surface area (Å²) < 4.78 is 13.6. The smallest absolute Gasteiger partial charge is 0.321 e. The molecule has 2 unspecified atom stereocenters. The third kappa shape index (κ3) is 6.11. The van der Waals surface area contributed by atoms with Crippen LogP contribution in [0.3, 0.4) is 0 Å². The zero-order valence-corrected chi connectivity index (χ0v) is 17.6. The van der Waals surface area contributed by atoms with Crippen molar-refractivity contribution in [3.8, 4) is 0 Å². The molecule has 0 N–H and O–H groups in total. The van der Waals surface area contributed by atoms with Crippen LogP contribution in [0, 0.1) is 20.8 Å². The molecule has 0 bridgehead atoms. The van der Waals surface area contributed by atoms with Crippen LogP contribution in [-0.2, 0) is 14.1 Å². The summed E-state index contributed by atoms with van der Waals surface area (Å²) in [7, 11) is 1.17. The van der Waals surface area contributed by atoms with E-state index in [0.29, 0.717) is 17.7 Å². The van der Waals surface area contributed by atoms with Crippen molar-refractivity contribution in [1.29, 1.82) is 0 Å². The van der Waals surface area contributed by atoms with Gasteiger partial charge in [-0.15, -0.1) is 0 Å². The molecule has 0 fully saturated rings. The summed E-state index contributed by atoms with van der Waals surface area (Å²) in [5.74, 6) is -1.58. The second-order valence-electron chi connectivity index (χ2n) is 6.50. The summed E-state index contributed by atoms with van der Waals surface area (Å²) in [6.07, 6.45) is 1.73. The van der Waals surface area contributed by atoms with Crippen molar-refractivity contribution in [3.63, 3.8) is 0 Å². The molecule has 0 spiro atoms. The van der Waals surface area contributed by atoms with Crippen LogP contribution in [0.25, 0.3) is 0 Å². The Morgan fingerprint density at radius 1 is 1.00 bits per heavy atom. The highest BCUT2D eigenvalue weighted by Crippen LogP contribution is 2.27. The fourth-order valence-corrected chi connectivity index (χ4v) is 3.15. The van der Waals surface area contributed by atoms with E-state index in [1.54, 1.807) is 0 Å². The Labute approximate surface area is 163 Å². The number of Topliss-reactive ketones (excluding diaryl/α,β-unsaturated/α-hetero) is 1. The fourth-order valence-electron chi connectivity index (χ4n) is 3.15. The van der Waals surface area contributed by atoms with Crippen LogP contribution in [0.4, 0.5) is 0 Å². The van der Waals surface area contributed by atoms with Crippen molar-refractivity contribution in [2.75, 3.05) is 6.61 Å². The molecule has 0 aromatic heterocycles. The van der Waals surface area contributed by atoms with E-state index in [0.717, 1.165) is 29.5 Å². The maximum atomic E-state index is 13.3. The predicted molar refractivity (Wildman–Crippen MR) is 110 cm³/mol. The van der Waals surface area contributed by atoms with Gasteiger partial charge in [-0.2, -0.15) is 0 Å². The van der Waals surface area contributed by atoms with Gasteiger partial charge in [-0.1, -0.05) is 65.9 Å². The van der Waals surface area contributed by atoms with Crippen molar-refractivity contribution in [1.82, 2.24) is 0 Å². The second kappa shape index (κ2) is 11.4. The molecule has 2 aromatic rings. The van der Waals surface area contributed by atoms with Crippen molar-refractivity contribution in [2.45, 2.75) is 46.5 Å². The van der Waals surface area contributed by atoms with E-state index in [1.807, 2.05) is 70.2 Å². The number of aryl methyl sites for hydroxylation is 3. The number of esters is 1. The highest BCUT2D eigenvalue weighted by Gasteiger charge is 2.32. The lowest BCUT2D eigenvalue weighted by atomic mass is 9.86. The summed E-state index contributed by atoms with van der Waals surface area (Å²) in [5, 5.41) is 0. The van der Waals surface area contributed by atoms with E-state index in [1.165, 1.54) is 9.12 Å². The van der Waals surface area contributed by atoms with Crippen LogP contribution in [-0.4, -0.2) is 18.4 Å². The van der Waals surface area contributed by atoms with E-state index in [4.69, 9.17) is 9.30 Å². The molecule has 4 nitrogen and oxygen atoms in total. The number of ether oxygens (including phenoxy) is 1. The predicted octanol–water partition coefficient (Wildman–Crippen LogP) is 5.13. The SMILES string of the molecule is CCCCOC(=O)C(C(=O)c1c(C)cc(C)cc1C)c1ccccc1.O=[PH2+]. The Morgan fingerprint density at radius 3 is 2.07 bits per heavy atom. The molecule has 0 radical (unpaired) electrons. The molecular formula is C22H28O4P+. The van der Waals surface area contributed by atoms with Crippen molar-refractivity contribution in [2.24, 2.45) is 0 Å². The minimum absolute atomic E-state index is 0.192. The molecule has 2 rings (SSSR count). The van der Waals surface area contributed by atoms with Crippen molar-refractivity contribution >= 4 is 20.9 Å². The Morgan fingerprint density at radius 2 is 1.56 bits per heavy atom. The minimum Gasteiger partial charge on any atom is -0.465 e. The van der Waals surface area contributed by atoms with Gasteiger partial charge < -0.3 is 4.74 Å². The van der Waals surface area contributed by atoms with E-state index >= 15 is 0 Å². The van der Waals surface area contributed by atoms with Gasteiger partial charge in [0.15, 0.2) is 5.78 Å². The van der Waals surface area contributed by atoms with Gasteiger partial charge >= 0.3 is 15.1 Å². The lowest BCUT2D eigenvalue weighted by Gasteiger charge is -2.18. The molecule has 5 heteroatoms. The highest BCUT2D eigenvalue weighted by molar-refractivity contribution is 7.00. The molecule has 0 amide bonds. The van der Waals surface area contributed by atoms with Gasteiger partial charge in [-0.3, -0.25) is 9.59 Å². The average Bonchev–Trinajstić information content (AvgIpc) is 2.64. The van der Waals surface area contributed by atoms with Gasteiger partial charge in [-0.25, -0.2) is 0 Å². The van der Waals surface area contributed by atoms with Gasteiger partial charge in [0, 0.05) is 5.56 Å². The lowest BCUT2D eigenvalue weighted by molar-refractivity contribution is -0.144. The summed E-state index contributed by atoms with van der Waals surface area (Å²) in [6.45, 7) is 8.21. The van der Waals surface area contributed by atoms with E-state index in [9.17, 15) is 9.59 Å². The average molecular weight is 387 g/mol. The zero-order valence-electron chi connectivity index (χ0n) is 16.5. The standard InChI is InChI=1S/C22H26O3.H2OP/c1-5-6-12-25-22(24)20(18-10-8-7-9-11-18)21(23)19-16(3)13-15(2)14-17(19)4;1-2/h7-11,13-14,20H,5-6,12H2,1-4H3;2H2/q;+1. The second-order valence-corrected chi connectivity index (χ2v) is 6.50. The van der Waals surface area contributed by atoms with Gasteiger partial charge in [0.2, 0.25) is 0 Å². The molecule has 0 saturated heterocycles. The number of ketones is 1. The van der Waals surface area contributed by atoms with Gasteiger partial charge in [0.25, 0.3) is 0 Å². The van der Waals surface area contributed by atoms with Crippen LogP contribution in [0.2, 0.25) is 0 Å². The van der Waals surface area contributed by atoms with Crippen LogP contribution < -0.4 is 0 Å². The third-order valence-corrected chi connectivity index (χ3v) is 4.30. The summed E-state index contributed by atoms with van der Waals surface area (Å²) in [6, 6.07) is 13.1. The van der Waals surface area contributed by atoms with Crippen LogP contribution in [0.5, 0.6) is 0 Å². The molecule has 0 aliphatic carbocycles. The zero-order chi connectivity index (χ0) is 20.4. The van der Waals surface area contributed by atoms with Gasteiger partial charge in [0.05, 0.1) is 6.61 Å². The van der Waals surface area contributed by atoms with Crippen LogP contribution in [0.1, 0.15) is 58.3 Å². The van der Waals surface area contributed by atoms with E-state index in [2.05, 4.69) is 0 Å². The maximum absolute atomic E-state index is 13.3. The van der Waals surface area contributed by atoms with Crippen molar-refractivity contribution in [3.05, 3.63) is 70.3 Å². The topological polar surface area (TPSA) is 60.4 Å². The lowest BCUT2D eigenvalue weighted by Crippen LogP contribution is -2.26. The summed E-state index contributed by atoms with van der Waals surface area (Å²) in [5.41, 5.74) is 4.18. The van der Waals surface area contributed by atoms with E-state index < -0.39 is 11.9 Å². The minimum atomic E-state index is -0.918. The Bertz CT molecular complexity index is 748. The molecule has 0 saturated carbocycles.